The molecule has 1 N–H and O–H groups in total. The molecule has 1 fully saturated rings. The molecular weight excluding hydrogens is 417 g/mol. The van der Waals surface area contributed by atoms with Crippen LogP contribution >= 0.6 is 11.6 Å². The van der Waals surface area contributed by atoms with E-state index >= 15 is 0 Å². The van der Waals surface area contributed by atoms with E-state index < -0.39 is 27.7 Å². The number of nitrogens with one attached hydrogen (secondary N) is 1. The Morgan fingerprint density at radius 1 is 1.41 bits per heavy atom. The van der Waals surface area contributed by atoms with Gasteiger partial charge in [-0.25, -0.2) is 0 Å². The second-order valence-corrected chi connectivity index (χ2v) is 6.90. The summed E-state index contributed by atoms with van der Waals surface area (Å²) in [6.45, 7) is -0.112. The zero-order valence-corrected chi connectivity index (χ0v) is 15.9. The van der Waals surface area contributed by atoms with Crippen LogP contribution in [-0.2, 0) is 17.5 Å². The van der Waals surface area contributed by atoms with E-state index in [0.717, 1.165) is 10.7 Å². The molecule has 0 saturated heterocycles. The summed E-state index contributed by atoms with van der Waals surface area (Å²) in [6, 6.07) is 3.75. The number of non-ortho nitro benzene ring substituents is 1. The molecule has 12 heteroatoms. The molecule has 1 aliphatic carbocycles. The van der Waals surface area contributed by atoms with Gasteiger partial charge < -0.3 is 10.1 Å². The molecule has 1 saturated carbocycles. The molecule has 0 bridgehead atoms. The van der Waals surface area contributed by atoms with Gasteiger partial charge in [-0.3, -0.25) is 19.6 Å². The number of aromatic nitrogens is 2. The van der Waals surface area contributed by atoms with Gasteiger partial charge in [-0.2, -0.15) is 18.3 Å². The Bertz CT molecular complexity index is 957. The Balaban J connectivity index is 1.73. The zero-order chi connectivity index (χ0) is 21.3. The number of nitro groups is 1. The van der Waals surface area contributed by atoms with Gasteiger partial charge in [-0.05, 0) is 12.8 Å². The molecule has 1 aromatic carbocycles. The van der Waals surface area contributed by atoms with E-state index in [1.807, 2.05) is 0 Å². The third kappa shape index (κ3) is 4.78. The largest absolute Gasteiger partial charge is 0.496 e. The van der Waals surface area contributed by atoms with Crippen molar-refractivity contribution in [2.75, 3.05) is 12.4 Å². The highest BCUT2D eigenvalue weighted by molar-refractivity contribution is 6.32. The van der Waals surface area contributed by atoms with Crippen LogP contribution in [0.1, 0.15) is 36.6 Å². The van der Waals surface area contributed by atoms with Gasteiger partial charge in [0.1, 0.15) is 5.75 Å². The number of amides is 1. The fourth-order valence-corrected chi connectivity index (χ4v) is 3.26. The molecule has 1 heterocycles. The van der Waals surface area contributed by atoms with Gasteiger partial charge in [-0.15, -0.1) is 0 Å². The van der Waals surface area contributed by atoms with Crippen LogP contribution in [0, 0.1) is 10.1 Å². The molecule has 1 amide bonds. The summed E-state index contributed by atoms with van der Waals surface area (Å²) < 4.78 is 45.3. The minimum atomic E-state index is -4.69. The van der Waals surface area contributed by atoms with Crippen molar-refractivity contribution in [3.63, 3.8) is 0 Å². The number of ether oxygens (including phenoxy) is 1. The van der Waals surface area contributed by atoms with E-state index in [1.54, 1.807) is 0 Å². The number of methoxy groups -OCH3 is 1. The first-order chi connectivity index (χ1) is 13.6. The first-order valence-electron chi connectivity index (χ1n) is 8.57. The number of benzene rings is 1. The van der Waals surface area contributed by atoms with Crippen molar-refractivity contribution in [2.24, 2.45) is 0 Å². The normalized spacial score (nSPS) is 14.0. The number of rotatable bonds is 7. The summed E-state index contributed by atoms with van der Waals surface area (Å²) >= 11 is 5.89. The molecule has 0 radical (unpaired) electrons. The molecule has 156 valence electrons. The molecule has 3 rings (SSSR count). The summed E-state index contributed by atoms with van der Waals surface area (Å²) in [4.78, 5) is 22.6. The van der Waals surface area contributed by atoms with Gasteiger partial charge in [0, 0.05) is 24.5 Å². The fourth-order valence-electron chi connectivity index (χ4n) is 2.86. The van der Waals surface area contributed by atoms with Crippen molar-refractivity contribution < 1.29 is 27.6 Å². The monoisotopic (exact) mass is 432 g/mol. The number of nitro benzene ring substituents is 1. The van der Waals surface area contributed by atoms with Crippen LogP contribution in [0.5, 0.6) is 5.75 Å². The minimum absolute atomic E-state index is 0.102. The maximum absolute atomic E-state index is 13.1. The maximum atomic E-state index is 13.1. The summed E-state index contributed by atoms with van der Waals surface area (Å²) in [5, 5.41) is 16.6. The molecule has 0 unspecified atom stereocenters. The Morgan fingerprint density at radius 2 is 2.10 bits per heavy atom. The standard InChI is InChI=1S/C17H16ClF3N4O4/c1-29-12-7-10(6-11(8-12)25(27)28)22-13(26)4-5-24-15(9-2-3-9)14(18)16(23-24)17(19,20)21/h6-9H,2-5H2,1H3,(H,22,26). The topological polar surface area (TPSA) is 99.3 Å². The van der Waals surface area contributed by atoms with E-state index in [0.29, 0.717) is 12.8 Å². The zero-order valence-electron chi connectivity index (χ0n) is 15.1. The molecule has 29 heavy (non-hydrogen) atoms. The fraction of sp³-hybridized carbons (Fsp3) is 0.412. The first kappa shape index (κ1) is 20.9. The number of hydrogen-bond donors (Lipinski definition) is 1. The third-order valence-corrected chi connectivity index (χ3v) is 4.71. The number of aryl methyl sites for hydroxylation is 1. The van der Waals surface area contributed by atoms with Crippen molar-refractivity contribution in [1.82, 2.24) is 9.78 Å². The smallest absolute Gasteiger partial charge is 0.436 e. The predicted octanol–water partition coefficient (Wildman–Crippen LogP) is 4.38. The van der Waals surface area contributed by atoms with Crippen LogP contribution in [0.2, 0.25) is 5.02 Å². The molecule has 2 aromatic rings. The summed E-state index contributed by atoms with van der Waals surface area (Å²) in [5.74, 6) is -0.469. The van der Waals surface area contributed by atoms with Crippen LogP contribution in [0.25, 0.3) is 0 Å². The Labute approximate surface area is 167 Å². The maximum Gasteiger partial charge on any atom is 0.436 e. The van der Waals surface area contributed by atoms with Crippen LogP contribution in [0.3, 0.4) is 0 Å². The first-order valence-corrected chi connectivity index (χ1v) is 8.94. The molecular formula is C17H16ClF3N4O4. The van der Waals surface area contributed by atoms with Crippen molar-refractivity contribution in [3.05, 3.63) is 44.7 Å². The van der Waals surface area contributed by atoms with E-state index in [-0.39, 0.29) is 41.7 Å². The second-order valence-electron chi connectivity index (χ2n) is 6.52. The lowest BCUT2D eigenvalue weighted by molar-refractivity contribution is -0.384. The SMILES string of the molecule is COc1cc(NC(=O)CCn2nc(C(F)(F)F)c(Cl)c2C2CC2)cc([N+](=O)[O-])c1. The molecule has 1 aromatic heterocycles. The molecule has 0 spiro atoms. The number of hydrogen-bond acceptors (Lipinski definition) is 5. The molecule has 0 atom stereocenters. The molecule has 0 aliphatic heterocycles. The summed E-state index contributed by atoms with van der Waals surface area (Å²) in [7, 11) is 1.32. The Hall–Kier alpha value is -2.82. The van der Waals surface area contributed by atoms with Crippen molar-refractivity contribution in [1.29, 1.82) is 0 Å². The van der Waals surface area contributed by atoms with Crippen molar-refractivity contribution in [2.45, 2.75) is 37.9 Å². The number of nitrogens with zero attached hydrogens (tertiary/aromatic N) is 3. The highest BCUT2D eigenvalue weighted by atomic mass is 35.5. The Morgan fingerprint density at radius 3 is 2.66 bits per heavy atom. The average molecular weight is 433 g/mol. The summed E-state index contributed by atoms with van der Waals surface area (Å²) in [6.07, 6.45) is -3.46. The minimum Gasteiger partial charge on any atom is -0.496 e. The number of anilines is 1. The second kappa shape index (κ2) is 7.90. The molecule has 1 aliphatic rings. The highest BCUT2D eigenvalue weighted by Gasteiger charge is 2.42. The number of carbonyl (C=O) groups is 1. The van der Waals surface area contributed by atoms with Crippen LogP contribution in [0.4, 0.5) is 24.5 Å². The lowest BCUT2D eigenvalue weighted by atomic mass is 10.2. The van der Waals surface area contributed by atoms with Crippen LogP contribution in [0.15, 0.2) is 18.2 Å². The van der Waals surface area contributed by atoms with Crippen LogP contribution < -0.4 is 10.1 Å². The van der Waals surface area contributed by atoms with E-state index in [4.69, 9.17) is 16.3 Å². The number of carbonyl (C=O) groups excluding carboxylic acids is 1. The van der Waals surface area contributed by atoms with Gasteiger partial charge in [0.2, 0.25) is 5.91 Å². The van der Waals surface area contributed by atoms with Gasteiger partial charge >= 0.3 is 6.18 Å². The summed E-state index contributed by atoms with van der Waals surface area (Å²) in [5.41, 5.74) is -1.02. The predicted molar refractivity (Wildman–Crippen MR) is 97.1 cm³/mol. The Kier molecular flexibility index (Phi) is 5.69. The van der Waals surface area contributed by atoms with E-state index in [1.165, 1.54) is 19.2 Å². The number of halogens is 4. The van der Waals surface area contributed by atoms with Gasteiger partial charge in [0.05, 0.1) is 41.0 Å². The van der Waals surface area contributed by atoms with E-state index in [9.17, 15) is 28.1 Å². The molecule has 8 nitrogen and oxygen atoms in total. The van der Waals surface area contributed by atoms with Crippen LogP contribution in [-0.4, -0.2) is 27.7 Å². The average Bonchev–Trinajstić information content (AvgIpc) is 3.41. The van der Waals surface area contributed by atoms with Gasteiger partial charge in [0.25, 0.3) is 5.69 Å². The van der Waals surface area contributed by atoms with Crippen molar-refractivity contribution >= 4 is 28.9 Å². The third-order valence-electron chi connectivity index (χ3n) is 4.34. The number of alkyl halides is 3. The highest BCUT2D eigenvalue weighted by Crippen LogP contribution is 2.46. The van der Waals surface area contributed by atoms with Gasteiger partial charge in [-0.1, -0.05) is 11.6 Å². The van der Waals surface area contributed by atoms with E-state index in [2.05, 4.69) is 10.4 Å². The van der Waals surface area contributed by atoms with Gasteiger partial charge in [0.15, 0.2) is 5.69 Å². The quantitative estimate of drug-likeness (QED) is 0.517. The van der Waals surface area contributed by atoms with Crippen molar-refractivity contribution in [3.8, 4) is 5.75 Å². The lowest BCUT2D eigenvalue weighted by Gasteiger charge is -2.09. The lowest BCUT2D eigenvalue weighted by Crippen LogP contribution is -2.16.